The van der Waals surface area contributed by atoms with Crippen LogP contribution < -0.4 is 5.32 Å². The van der Waals surface area contributed by atoms with Gasteiger partial charge in [-0.2, -0.15) is 5.10 Å². The molecule has 2 heterocycles. The van der Waals surface area contributed by atoms with Gasteiger partial charge in [-0.25, -0.2) is 18.1 Å². The van der Waals surface area contributed by atoms with Crippen molar-refractivity contribution >= 4 is 15.7 Å². The first-order valence-corrected chi connectivity index (χ1v) is 10.7. The monoisotopic (exact) mass is 422 g/mol. The van der Waals surface area contributed by atoms with E-state index in [1.54, 1.807) is 29.2 Å². The average molecular weight is 422 g/mol. The minimum Gasteiger partial charge on any atom is -0.459 e. The lowest BCUT2D eigenvalue weighted by Crippen LogP contribution is -2.23. The van der Waals surface area contributed by atoms with Gasteiger partial charge < -0.3 is 9.73 Å². The molecule has 0 unspecified atom stereocenters. The van der Waals surface area contributed by atoms with Gasteiger partial charge in [0.25, 0.3) is 5.91 Å². The summed E-state index contributed by atoms with van der Waals surface area (Å²) in [5, 5.41) is 6.82. The maximum absolute atomic E-state index is 12.6. The number of aromatic nitrogens is 3. The van der Waals surface area contributed by atoms with E-state index in [2.05, 4.69) is 15.4 Å². The van der Waals surface area contributed by atoms with E-state index in [0.29, 0.717) is 5.56 Å². The molecule has 2 aromatic carbocycles. The van der Waals surface area contributed by atoms with Gasteiger partial charge in [0, 0.05) is 12.1 Å². The van der Waals surface area contributed by atoms with Crippen LogP contribution in [0.5, 0.6) is 0 Å². The van der Waals surface area contributed by atoms with Crippen LogP contribution in [0, 0.1) is 0 Å². The number of hydrogen-bond acceptors (Lipinski definition) is 6. The van der Waals surface area contributed by atoms with Gasteiger partial charge in [-0.05, 0) is 35.9 Å². The van der Waals surface area contributed by atoms with E-state index in [0.717, 1.165) is 11.3 Å². The second-order valence-electron chi connectivity index (χ2n) is 6.54. The van der Waals surface area contributed by atoms with Gasteiger partial charge in [0.05, 0.1) is 22.6 Å². The van der Waals surface area contributed by atoms with Crippen LogP contribution in [-0.4, -0.2) is 29.1 Å². The molecule has 0 aliphatic rings. The number of rotatable bonds is 7. The molecule has 1 amide bonds. The molecular formula is C21H18N4O4S. The van der Waals surface area contributed by atoms with Crippen molar-refractivity contribution in [1.82, 2.24) is 20.1 Å². The molecule has 0 spiro atoms. The van der Waals surface area contributed by atoms with Gasteiger partial charge in [-0.3, -0.25) is 4.79 Å². The van der Waals surface area contributed by atoms with Crippen LogP contribution in [0.3, 0.4) is 0 Å². The number of carbonyl (C=O) groups excluding carboxylic acids is 1. The van der Waals surface area contributed by atoms with E-state index in [-0.39, 0.29) is 23.0 Å². The molecule has 2 aromatic heterocycles. The Balaban J connectivity index is 1.42. The third-order valence-electron chi connectivity index (χ3n) is 4.47. The van der Waals surface area contributed by atoms with E-state index in [1.165, 1.54) is 30.8 Å². The molecule has 4 rings (SSSR count). The summed E-state index contributed by atoms with van der Waals surface area (Å²) in [6.45, 7) is 0.266. The van der Waals surface area contributed by atoms with E-state index in [9.17, 15) is 13.2 Å². The van der Waals surface area contributed by atoms with Crippen LogP contribution in [-0.2, 0) is 22.1 Å². The molecule has 0 saturated carbocycles. The molecule has 30 heavy (non-hydrogen) atoms. The predicted octanol–water partition coefficient (Wildman–Crippen LogP) is 2.76. The van der Waals surface area contributed by atoms with Crippen molar-refractivity contribution in [3.05, 3.63) is 96.5 Å². The topological polar surface area (TPSA) is 107 Å². The summed E-state index contributed by atoms with van der Waals surface area (Å²) in [6.07, 6.45) is 4.36. The van der Waals surface area contributed by atoms with Gasteiger partial charge in [0.2, 0.25) is 0 Å². The smallest absolute Gasteiger partial charge is 0.287 e. The van der Waals surface area contributed by atoms with E-state index in [1.807, 2.05) is 24.3 Å². The van der Waals surface area contributed by atoms with Crippen LogP contribution in [0.1, 0.15) is 21.7 Å². The molecule has 0 saturated heterocycles. The summed E-state index contributed by atoms with van der Waals surface area (Å²) in [6, 6.07) is 17.1. The molecule has 0 atom stereocenters. The van der Waals surface area contributed by atoms with Crippen LogP contribution >= 0.6 is 0 Å². The van der Waals surface area contributed by atoms with Crippen molar-refractivity contribution in [3.63, 3.8) is 0 Å². The van der Waals surface area contributed by atoms with E-state index < -0.39 is 15.7 Å². The van der Waals surface area contributed by atoms with Crippen molar-refractivity contribution in [2.24, 2.45) is 0 Å². The standard InChI is InChI=1S/C21H18N4O4S/c26-21(23-12-16-6-8-18(9-7-16)25-15-22-14-24-25)20-17(10-11-29-20)13-30(27,28)19-4-2-1-3-5-19/h1-11,14-15H,12-13H2,(H,23,26). The Morgan fingerprint density at radius 3 is 2.50 bits per heavy atom. The normalized spacial score (nSPS) is 11.3. The zero-order valence-corrected chi connectivity index (χ0v) is 16.6. The number of sulfone groups is 1. The molecule has 4 aromatic rings. The molecule has 152 valence electrons. The summed E-state index contributed by atoms with van der Waals surface area (Å²) in [7, 11) is -3.59. The highest BCUT2D eigenvalue weighted by atomic mass is 32.2. The van der Waals surface area contributed by atoms with Gasteiger partial charge in [0.15, 0.2) is 15.6 Å². The number of carbonyl (C=O) groups is 1. The van der Waals surface area contributed by atoms with Gasteiger partial charge in [-0.1, -0.05) is 30.3 Å². The quantitative estimate of drug-likeness (QED) is 0.491. The second kappa shape index (κ2) is 8.34. The first kappa shape index (κ1) is 19.6. The second-order valence-corrected chi connectivity index (χ2v) is 8.53. The molecule has 9 heteroatoms. The number of nitrogens with one attached hydrogen (secondary N) is 1. The Labute approximate surface area is 173 Å². The summed E-state index contributed by atoms with van der Waals surface area (Å²) < 4.78 is 32.1. The van der Waals surface area contributed by atoms with Crippen molar-refractivity contribution in [2.45, 2.75) is 17.2 Å². The molecule has 0 bridgehead atoms. The van der Waals surface area contributed by atoms with Crippen molar-refractivity contribution in [3.8, 4) is 5.69 Å². The fourth-order valence-electron chi connectivity index (χ4n) is 2.94. The lowest BCUT2D eigenvalue weighted by atomic mass is 10.2. The summed E-state index contributed by atoms with van der Waals surface area (Å²) in [5.74, 6) is -0.796. The summed E-state index contributed by atoms with van der Waals surface area (Å²) in [5.41, 5.74) is 2.04. The highest BCUT2D eigenvalue weighted by Gasteiger charge is 2.22. The molecule has 0 aliphatic heterocycles. The molecule has 0 radical (unpaired) electrons. The Morgan fingerprint density at radius 2 is 1.80 bits per heavy atom. The average Bonchev–Trinajstić information content (AvgIpc) is 3.45. The zero-order valence-electron chi connectivity index (χ0n) is 15.8. The van der Waals surface area contributed by atoms with Crippen LogP contribution in [0.15, 0.2) is 88.9 Å². The fraction of sp³-hybridized carbons (Fsp3) is 0.0952. The fourth-order valence-corrected chi connectivity index (χ4v) is 4.31. The zero-order chi connectivity index (χ0) is 21.0. The van der Waals surface area contributed by atoms with Gasteiger partial charge in [-0.15, -0.1) is 0 Å². The number of hydrogen-bond donors (Lipinski definition) is 1. The highest BCUT2D eigenvalue weighted by Crippen LogP contribution is 2.20. The number of furan rings is 1. The van der Waals surface area contributed by atoms with E-state index >= 15 is 0 Å². The first-order chi connectivity index (χ1) is 14.5. The SMILES string of the molecule is O=C(NCc1ccc(-n2cncn2)cc1)c1occc1CS(=O)(=O)c1ccccc1. The maximum Gasteiger partial charge on any atom is 0.287 e. The molecule has 0 fully saturated rings. The van der Waals surface area contributed by atoms with E-state index in [4.69, 9.17) is 4.42 Å². The molecule has 1 N–H and O–H groups in total. The lowest BCUT2D eigenvalue weighted by molar-refractivity contribution is 0.0922. The summed E-state index contributed by atoms with van der Waals surface area (Å²) >= 11 is 0. The largest absolute Gasteiger partial charge is 0.459 e. The Morgan fingerprint density at radius 1 is 1.03 bits per heavy atom. The molecule has 8 nitrogen and oxygen atoms in total. The first-order valence-electron chi connectivity index (χ1n) is 9.09. The Bertz CT molecular complexity index is 1230. The number of nitrogens with zero attached hydrogens (tertiary/aromatic N) is 3. The molecule has 0 aliphatic carbocycles. The number of benzene rings is 2. The Hall–Kier alpha value is -3.72. The Kier molecular flexibility index (Phi) is 5.44. The maximum atomic E-state index is 12.6. The third-order valence-corrected chi connectivity index (χ3v) is 6.15. The minimum absolute atomic E-state index is 0.00579. The van der Waals surface area contributed by atoms with Crippen LogP contribution in [0.25, 0.3) is 5.69 Å². The van der Waals surface area contributed by atoms with Crippen molar-refractivity contribution in [2.75, 3.05) is 0 Å². The van der Waals surface area contributed by atoms with Gasteiger partial charge >= 0.3 is 0 Å². The highest BCUT2D eigenvalue weighted by molar-refractivity contribution is 7.90. The third kappa shape index (κ3) is 4.31. The van der Waals surface area contributed by atoms with Crippen LogP contribution in [0.2, 0.25) is 0 Å². The minimum atomic E-state index is -3.59. The predicted molar refractivity (Wildman–Crippen MR) is 109 cm³/mol. The lowest BCUT2D eigenvalue weighted by Gasteiger charge is -2.07. The van der Waals surface area contributed by atoms with Crippen molar-refractivity contribution in [1.29, 1.82) is 0 Å². The van der Waals surface area contributed by atoms with Gasteiger partial charge in [0.1, 0.15) is 12.7 Å². The number of amides is 1. The molecular weight excluding hydrogens is 404 g/mol. The van der Waals surface area contributed by atoms with Crippen LogP contribution in [0.4, 0.5) is 0 Å². The van der Waals surface area contributed by atoms with Crippen molar-refractivity contribution < 1.29 is 17.6 Å². The summed E-state index contributed by atoms with van der Waals surface area (Å²) in [4.78, 5) is 16.7.